The molecule has 1 aromatic carbocycles. The van der Waals surface area contributed by atoms with Crippen molar-refractivity contribution in [3.05, 3.63) is 39.7 Å². The van der Waals surface area contributed by atoms with Crippen LogP contribution in [0.5, 0.6) is 5.75 Å². The van der Waals surface area contributed by atoms with Gasteiger partial charge in [-0.3, -0.25) is 0 Å². The van der Waals surface area contributed by atoms with Crippen molar-refractivity contribution in [2.24, 2.45) is 0 Å². The average Bonchev–Trinajstić information content (AvgIpc) is 2.37. The van der Waals surface area contributed by atoms with E-state index in [1.807, 2.05) is 13.0 Å². The SMILES string of the molecule is CCCCc1c(CC)c(=O)oc2c(O)cccc12. The molecule has 96 valence electrons. The first-order chi connectivity index (χ1) is 8.69. The molecule has 0 amide bonds. The van der Waals surface area contributed by atoms with Crippen LogP contribution in [-0.4, -0.2) is 5.11 Å². The number of phenolic OH excluding ortho intramolecular Hbond substituents is 1. The van der Waals surface area contributed by atoms with E-state index in [2.05, 4.69) is 6.92 Å². The molecule has 3 nitrogen and oxygen atoms in total. The lowest BCUT2D eigenvalue weighted by Gasteiger charge is -2.10. The van der Waals surface area contributed by atoms with Gasteiger partial charge in [-0.2, -0.15) is 0 Å². The van der Waals surface area contributed by atoms with Gasteiger partial charge < -0.3 is 9.52 Å². The number of unbranched alkanes of at least 4 members (excludes halogenated alkanes) is 1. The predicted octanol–water partition coefficient (Wildman–Crippen LogP) is 3.40. The second kappa shape index (κ2) is 5.25. The normalized spacial score (nSPS) is 11.0. The molecular formula is C15H18O3. The zero-order chi connectivity index (χ0) is 13.1. The summed E-state index contributed by atoms with van der Waals surface area (Å²) in [7, 11) is 0. The van der Waals surface area contributed by atoms with E-state index >= 15 is 0 Å². The summed E-state index contributed by atoms with van der Waals surface area (Å²) in [4.78, 5) is 11.9. The van der Waals surface area contributed by atoms with Gasteiger partial charge in [0.1, 0.15) is 0 Å². The number of fused-ring (bicyclic) bond motifs is 1. The summed E-state index contributed by atoms with van der Waals surface area (Å²) in [6.45, 7) is 4.08. The van der Waals surface area contributed by atoms with Gasteiger partial charge in [0.15, 0.2) is 11.3 Å². The maximum atomic E-state index is 11.9. The molecule has 1 N–H and O–H groups in total. The Morgan fingerprint density at radius 1 is 1.22 bits per heavy atom. The molecule has 0 aliphatic heterocycles. The summed E-state index contributed by atoms with van der Waals surface area (Å²) in [5.74, 6) is 0.0324. The maximum absolute atomic E-state index is 11.9. The minimum Gasteiger partial charge on any atom is -0.504 e. The van der Waals surface area contributed by atoms with E-state index in [1.165, 1.54) is 0 Å². The first kappa shape index (κ1) is 12.7. The van der Waals surface area contributed by atoms with E-state index in [-0.39, 0.29) is 11.4 Å². The van der Waals surface area contributed by atoms with Crippen LogP contribution in [0.25, 0.3) is 11.0 Å². The van der Waals surface area contributed by atoms with Crippen LogP contribution in [0.4, 0.5) is 0 Å². The molecule has 18 heavy (non-hydrogen) atoms. The third-order valence-electron chi connectivity index (χ3n) is 3.26. The van der Waals surface area contributed by atoms with E-state index in [4.69, 9.17) is 4.42 Å². The van der Waals surface area contributed by atoms with Gasteiger partial charge in [-0.25, -0.2) is 4.79 Å². The smallest absolute Gasteiger partial charge is 0.339 e. The molecule has 0 atom stereocenters. The quantitative estimate of drug-likeness (QED) is 0.841. The van der Waals surface area contributed by atoms with Crippen molar-refractivity contribution in [1.82, 2.24) is 0 Å². The zero-order valence-corrected chi connectivity index (χ0v) is 10.8. The number of phenols is 1. The minimum atomic E-state index is -0.322. The monoisotopic (exact) mass is 246 g/mol. The second-order valence-electron chi connectivity index (χ2n) is 4.46. The Labute approximate surface area is 106 Å². The van der Waals surface area contributed by atoms with Crippen LogP contribution >= 0.6 is 0 Å². The second-order valence-corrected chi connectivity index (χ2v) is 4.46. The van der Waals surface area contributed by atoms with Crippen molar-refractivity contribution in [3.8, 4) is 5.75 Å². The van der Waals surface area contributed by atoms with Gasteiger partial charge in [0.05, 0.1) is 0 Å². The highest BCUT2D eigenvalue weighted by atomic mass is 16.4. The van der Waals surface area contributed by atoms with Crippen LogP contribution in [-0.2, 0) is 12.8 Å². The Bertz CT molecular complexity index is 611. The van der Waals surface area contributed by atoms with Crippen molar-refractivity contribution in [3.63, 3.8) is 0 Å². The zero-order valence-electron chi connectivity index (χ0n) is 10.8. The molecule has 0 radical (unpaired) electrons. The highest BCUT2D eigenvalue weighted by Crippen LogP contribution is 2.28. The molecule has 0 spiro atoms. The number of aryl methyl sites for hydroxylation is 1. The van der Waals surface area contributed by atoms with Crippen molar-refractivity contribution in [2.75, 3.05) is 0 Å². The molecule has 1 heterocycles. The fraction of sp³-hybridized carbons (Fsp3) is 0.400. The molecule has 3 heteroatoms. The van der Waals surface area contributed by atoms with Crippen LogP contribution in [0.15, 0.2) is 27.4 Å². The molecule has 0 fully saturated rings. The standard InChI is InChI=1S/C15H18O3/c1-3-5-7-11-10(4-2)15(17)18-14-12(11)8-6-9-13(14)16/h6,8-9,16H,3-5,7H2,1-2H3. The fourth-order valence-corrected chi connectivity index (χ4v) is 2.31. The summed E-state index contributed by atoms with van der Waals surface area (Å²) < 4.78 is 5.23. The van der Waals surface area contributed by atoms with E-state index < -0.39 is 0 Å². The lowest BCUT2D eigenvalue weighted by molar-refractivity contribution is 0.455. The summed E-state index contributed by atoms with van der Waals surface area (Å²) in [5.41, 5.74) is 1.76. The number of rotatable bonds is 4. The molecule has 0 bridgehead atoms. The van der Waals surface area contributed by atoms with E-state index in [0.29, 0.717) is 12.0 Å². The van der Waals surface area contributed by atoms with Crippen molar-refractivity contribution in [1.29, 1.82) is 0 Å². The molecule has 2 rings (SSSR count). The van der Waals surface area contributed by atoms with Gasteiger partial charge in [0.25, 0.3) is 0 Å². The number of hydrogen-bond donors (Lipinski definition) is 1. The fourth-order valence-electron chi connectivity index (χ4n) is 2.31. The van der Waals surface area contributed by atoms with Gasteiger partial charge in [-0.1, -0.05) is 32.4 Å². The molecule has 0 saturated carbocycles. The summed E-state index contributed by atoms with van der Waals surface area (Å²) in [6, 6.07) is 5.23. The molecule has 0 unspecified atom stereocenters. The number of benzene rings is 1. The van der Waals surface area contributed by atoms with Gasteiger partial charge in [-0.05, 0) is 30.9 Å². The highest BCUT2D eigenvalue weighted by molar-refractivity contribution is 5.86. The summed E-state index contributed by atoms with van der Waals surface area (Å²) in [5, 5.41) is 10.6. The first-order valence-corrected chi connectivity index (χ1v) is 6.45. The third kappa shape index (κ3) is 2.13. The van der Waals surface area contributed by atoms with Crippen LogP contribution in [0.2, 0.25) is 0 Å². The van der Waals surface area contributed by atoms with Crippen LogP contribution in [0, 0.1) is 0 Å². The van der Waals surface area contributed by atoms with Crippen LogP contribution in [0.1, 0.15) is 37.8 Å². The van der Waals surface area contributed by atoms with Crippen molar-refractivity contribution in [2.45, 2.75) is 39.5 Å². The molecule has 1 aromatic heterocycles. The lowest BCUT2D eigenvalue weighted by atomic mass is 9.98. The van der Waals surface area contributed by atoms with Crippen molar-refractivity contribution < 1.29 is 9.52 Å². The van der Waals surface area contributed by atoms with E-state index in [1.54, 1.807) is 12.1 Å². The average molecular weight is 246 g/mol. The van der Waals surface area contributed by atoms with Gasteiger partial charge >= 0.3 is 5.63 Å². The Morgan fingerprint density at radius 2 is 2.00 bits per heavy atom. The summed E-state index contributed by atoms with van der Waals surface area (Å²) in [6.07, 6.45) is 3.61. The van der Waals surface area contributed by atoms with Crippen LogP contribution in [0.3, 0.4) is 0 Å². The predicted molar refractivity (Wildman–Crippen MR) is 72.1 cm³/mol. The Balaban J connectivity index is 2.75. The van der Waals surface area contributed by atoms with Crippen molar-refractivity contribution >= 4 is 11.0 Å². The third-order valence-corrected chi connectivity index (χ3v) is 3.26. The lowest BCUT2D eigenvalue weighted by Crippen LogP contribution is -2.11. The first-order valence-electron chi connectivity index (χ1n) is 6.45. The molecular weight excluding hydrogens is 228 g/mol. The molecule has 0 aliphatic rings. The molecule has 0 saturated heterocycles. The van der Waals surface area contributed by atoms with Crippen LogP contribution < -0.4 is 5.63 Å². The number of aromatic hydroxyl groups is 1. The minimum absolute atomic E-state index is 0.0324. The van der Waals surface area contributed by atoms with E-state index in [9.17, 15) is 9.90 Å². The maximum Gasteiger partial charge on any atom is 0.339 e. The van der Waals surface area contributed by atoms with Gasteiger partial charge in [0, 0.05) is 10.9 Å². The summed E-state index contributed by atoms with van der Waals surface area (Å²) >= 11 is 0. The van der Waals surface area contributed by atoms with Gasteiger partial charge in [-0.15, -0.1) is 0 Å². The Kier molecular flexibility index (Phi) is 3.70. The highest BCUT2D eigenvalue weighted by Gasteiger charge is 2.14. The van der Waals surface area contributed by atoms with E-state index in [0.717, 1.165) is 35.8 Å². The Hall–Kier alpha value is -1.77. The molecule has 0 aliphatic carbocycles. The number of para-hydroxylation sites is 1. The number of hydrogen-bond acceptors (Lipinski definition) is 3. The largest absolute Gasteiger partial charge is 0.504 e. The topological polar surface area (TPSA) is 50.4 Å². The Morgan fingerprint density at radius 3 is 2.67 bits per heavy atom. The molecule has 2 aromatic rings. The van der Waals surface area contributed by atoms with Gasteiger partial charge in [0.2, 0.25) is 0 Å².